The van der Waals surface area contributed by atoms with E-state index in [9.17, 15) is 13.2 Å². The number of aromatic nitrogens is 2. The predicted octanol–water partition coefficient (Wildman–Crippen LogP) is 4.79. The lowest BCUT2D eigenvalue weighted by Crippen LogP contribution is -2.15. The van der Waals surface area contributed by atoms with Crippen molar-refractivity contribution in [2.45, 2.75) is 32.9 Å². The van der Waals surface area contributed by atoms with Crippen molar-refractivity contribution in [2.24, 2.45) is 10.7 Å². The lowest BCUT2D eigenvalue weighted by Gasteiger charge is -2.21. The van der Waals surface area contributed by atoms with Crippen LogP contribution in [0.15, 0.2) is 47.2 Å². The average molecular weight is 459 g/mol. The van der Waals surface area contributed by atoms with Crippen LogP contribution in [0.3, 0.4) is 0 Å². The third kappa shape index (κ3) is 4.18. The molecule has 1 atom stereocenters. The van der Waals surface area contributed by atoms with Gasteiger partial charge in [0.2, 0.25) is 0 Å². The Balaban J connectivity index is 2.01. The van der Waals surface area contributed by atoms with Gasteiger partial charge < -0.3 is 16.2 Å². The van der Waals surface area contributed by atoms with Crippen molar-refractivity contribution in [1.82, 2.24) is 9.97 Å². The van der Waals surface area contributed by atoms with Gasteiger partial charge in [0.15, 0.2) is 11.6 Å². The molecule has 0 aliphatic carbocycles. The molecule has 3 heterocycles. The lowest BCUT2D eigenvalue weighted by molar-refractivity contribution is 0.160. The van der Waals surface area contributed by atoms with Crippen LogP contribution in [0.2, 0.25) is 0 Å². The van der Waals surface area contributed by atoms with E-state index >= 15 is 0 Å². The van der Waals surface area contributed by atoms with Gasteiger partial charge >= 0.3 is 6.55 Å². The van der Waals surface area contributed by atoms with Crippen molar-refractivity contribution in [3.8, 4) is 17.0 Å². The Morgan fingerprint density at radius 2 is 2.09 bits per heavy atom. The van der Waals surface area contributed by atoms with Gasteiger partial charge in [-0.2, -0.15) is 8.78 Å². The first-order valence-corrected chi connectivity index (χ1v) is 10.5. The first-order chi connectivity index (χ1) is 15.3. The van der Waals surface area contributed by atoms with Crippen LogP contribution in [-0.2, 0) is 6.42 Å². The van der Waals surface area contributed by atoms with E-state index in [1.54, 1.807) is 13.0 Å². The Kier molecular flexibility index (Phi) is 5.88. The van der Waals surface area contributed by atoms with E-state index in [2.05, 4.69) is 15.0 Å². The number of nitrogen functional groups attached to an aromatic ring is 1. The first kappa shape index (κ1) is 21.8. The van der Waals surface area contributed by atoms with Gasteiger partial charge in [-0.3, -0.25) is 0 Å². The zero-order valence-electron chi connectivity index (χ0n) is 17.3. The summed E-state index contributed by atoms with van der Waals surface area (Å²) in [5.41, 5.74) is 14.3. The molecule has 10 heteroatoms. The highest BCUT2D eigenvalue weighted by Gasteiger charge is 2.25. The van der Waals surface area contributed by atoms with E-state index in [4.69, 9.17) is 16.2 Å². The number of nitrogens with zero attached hydrogens (tertiary/aromatic N) is 3. The van der Waals surface area contributed by atoms with E-state index in [0.717, 1.165) is 9.88 Å². The number of ether oxygens (including phenoxy) is 1. The highest BCUT2D eigenvalue weighted by Crippen LogP contribution is 2.38. The quantitative estimate of drug-likeness (QED) is 0.510. The summed E-state index contributed by atoms with van der Waals surface area (Å²) in [6.45, 7) is 0.626. The molecule has 1 aromatic carbocycles. The molecule has 2 bridgehead atoms. The van der Waals surface area contributed by atoms with E-state index in [1.165, 1.54) is 41.9 Å². The number of pyridine rings is 1. The van der Waals surface area contributed by atoms with E-state index in [-0.39, 0.29) is 29.3 Å². The van der Waals surface area contributed by atoms with Gasteiger partial charge in [0.1, 0.15) is 11.9 Å². The largest absolute Gasteiger partial charge is 0.482 e. The summed E-state index contributed by atoms with van der Waals surface area (Å²) in [5.74, 6) is -0.192. The van der Waals surface area contributed by atoms with Gasteiger partial charge in [-0.15, -0.1) is 11.3 Å². The number of aliphatic imine (C=N–C) groups is 1. The van der Waals surface area contributed by atoms with Gasteiger partial charge in [-0.1, -0.05) is 0 Å². The van der Waals surface area contributed by atoms with Crippen LogP contribution in [0.1, 0.15) is 34.0 Å². The number of anilines is 1. The minimum atomic E-state index is -2.96. The second-order valence-electron chi connectivity index (χ2n) is 7.23. The summed E-state index contributed by atoms with van der Waals surface area (Å²) in [5, 5.41) is 0.768. The van der Waals surface area contributed by atoms with Crippen molar-refractivity contribution in [2.75, 3.05) is 5.73 Å². The molecule has 0 amide bonds. The maximum Gasteiger partial charge on any atom is 0.332 e. The number of nitrogens with two attached hydrogens (primary N) is 2. The molecular formula is C22H20F3N5OS. The Morgan fingerprint density at radius 1 is 1.31 bits per heavy atom. The summed E-state index contributed by atoms with van der Waals surface area (Å²) in [6, 6.07) is 5.85. The highest BCUT2D eigenvalue weighted by molar-refractivity contribution is 7.12. The number of hydrogen-bond donors (Lipinski definition) is 2. The monoisotopic (exact) mass is 459 g/mol. The number of aryl methyl sites for hydroxylation is 1. The number of allylic oxidation sites excluding steroid dienone is 1. The molecular weight excluding hydrogens is 439 g/mol. The maximum atomic E-state index is 14.2. The molecule has 4 rings (SSSR count). The third-order valence-corrected chi connectivity index (χ3v) is 6.02. The predicted molar refractivity (Wildman–Crippen MR) is 118 cm³/mol. The number of halogens is 3. The molecule has 0 radical (unpaired) electrons. The summed E-state index contributed by atoms with van der Waals surface area (Å²) in [6.07, 6.45) is 2.16. The zero-order chi connectivity index (χ0) is 23.0. The number of rotatable bonds is 1. The molecule has 0 saturated carbocycles. The van der Waals surface area contributed by atoms with Gasteiger partial charge in [-0.25, -0.2) is 19.4 Å². The van der Waals surface area contributed by atoms with Crippen LogP contribution in [0, 0.1) is 12.7 Å². The molecule has 0 saturated heterocycles. The van der Waals surface area contributed by atoms with E-state index in [1.807, 2.05) is 6.92 Å². The molecule has 6 nitrogen and oxygen atoms in total. The fourth-order valence-electron chi connectivity index (χ4n) is 3.65. The molecule has 32 heavy (non-hydrogen) atoms. The molecule has 1 unspecified atom stereocenters. The van der Waals surface area contributed by atoms with E-state index in [0.29, 0.717) is 22.4 Å². The highest BCUT2D eigenvalue weighted by atomic mass is 32.1. The van der Waals surface area contributed by atoms with Gasteiger partial charge in [-0.05, 0) is 49.9 Å². The van der Waals surface area contributed by atoms with Crippen molar-refractivity contribution in [1.29, 1.82) is 0 Å². The van der Waals surface area contributed by atoms with Crippen LogP contribution >= 0.6 is 11.3 Å². The van der Waals surface area contributed by atoms with Gasteiger partial charge in [0.05, 0.1) is 16.4 Å². The minimum absolute atomic E-state index is 0.00981. The van der Waals surface area contributed by atoms with Crippen molar-refractivity contribution >= 4 is 22.9 Å². The molecule has 3 aromatic rings. The first-order valence-electron chi connectivity index (χ1n) is 9.72. The van der Waals surface area contributed by atoms with Crippen LogP contribution in [-0.4, -0.2) is 22.2 Å². The smallest absolute Gasteiger partial charge is 0.332 e. The normalized spacial score (nSPS) is 18.6. The van der Waals surface area contributed by atoms with Crippen molar-refractivity contribution in [3.63, 3.8) is 0 Å². The SMILES string of the molecule is Cc1nc2c(s1)CC(=CN)C(=NC(F)F)c1cnc(N)c(c1)OC(C)c1cc(F)ccc1-2. The average Bonchev–Trinajstić information content (AvgIpc) is 3.11. The molecule has 1 aliphatic heterocycles. The second-order valence-corrected chi connectivity index (χ2v) is 8.52. The number of hydrogen-bond acceptors (Lipinski definition) is 7. The summed E-state index contributed by atoms with van der Waals surface area (Å²) in [4.78, 5) is 13.0. The standard InChI is InChI=1S/C22H20F3N5OS/c1-10-16-7-14(23)3-4-15(16)20-18(32-11(2)29-20)6-12(8-26)19(30-22(24)25)13-5-17(31-10)21(27)28-9-13/h3-5,7-10,22H,6,26H2,1-2H3,(H2,27,28). The van der Waals surface area contributed by atoms with Crippen molar-refractivity contribution < 1.29 is 17.9 Å². The molecule has 0 fully saturated rings. The van der Waals surface area contributed by atoms with Crippen LogP contribution in [0.4, 0.5) is 19.0 Å². The molecule has 166 valence electrons. The number of alkyl halides is 2. The third-order valence-electron chi connectivity index (χ3n) is 5.05. The molecule has 4 N–H and O–H groups in total. The number of benzene rings is 1. The molecule has 0 spiro atoms. The molecule has 2 aromatic heterocycles. The van der Waals surface area contributed by atoms with Gasteiger partial charge in [0, 0.05) is 34.2 Å². The second kappa shape index (κ2) is 8.62. The summed E-state index contributed by atoms with van der Waals surface area (Å²) >= 11 is 1.41. The fraction of sp³-hybridized carbons (Fsp3) is 0.227. The zero-order valence-corrected chi connectivity index (χ0v) is 18.1. The fourth-order valence-corrected chi connectivity index (χ4v) is 4.63. The maximum absolute atomic E-state index is 14.2. The summed E-state index contributed by atoms with van der Waals surface area (Å²) < 4.78 is 46.9. The minimum Gasteiger partial charge on any atom is -0.482 e. The number of fused-ring (bicyclic) bond motifs is 5. The van der Waals surface area contributed by atoms with Crippen LogP contribution < -0.4 is 16.2 Å². The van der Waals surface area contributed by atoms with E-state index < -0.39 is 18.5 Å². The Bertz CT molecular complexity index is 1240. The van der Waals surface area contributed by atoms with Gasteiger partial charge in [0.25, 0.3) is 0 Å². The Labute approximate surface area is 186 Å². The topological polar surface area (TPSA) is 99.4 Å². The Hall–Kier alpha value is -3.40. The van der Waals surface area contributed by atoms with Crippen LogP contribution in [0.5, 0.6) is 5.75 Å². The Morgan fingerprint density at radius 3 is 2.81 bits per heavy atom. The van der Waals surface area contributed by atoms with Crippen LogP contribution in [0.25, 0.3) is 11.3 Å². The van der Waals surface area contributed by atoms with Crippen molar-refractivity contribution in [3.05, 3.63) is 69.1 Å². The number of thiazole rings is 1. The summed E-state index contributed by atoms with van der Waals surface area (Å²) in [7, 11) is 0. The lowest BCUT2D eigenvalue weighted by atomic mass is 9.95. The molecule has 1 aliphatic rings.